The van der Waals surface area contributed by atoms with Gasteiger partial charge in [0.2, 0.25) is 0 Å². The SMILES string of the molecule is CCC/C=C\C/C=C\CCCCCCCC(=O)OC(CO)COP(=O)(O)OCC(COC(=O)CCCCCCC/C=C\CCCCCCCC)OC(=O)CCCCCCCCC/C=C\CCCCCCCC. The van der Waals surface area contributed by atoms with E-state index in [-0.39, 0.29) is 25.9 Å². The molecule has 0 aromatic carbocycles. The third kappa shape index (κ3) is 52.3. The maximum atomic E-state index is 12.9. The van der Waals surface area contributed by atoms with Gasteiger partial charge in [-0.05, 0) is 96.3 Å². The van der Waals surface area contributed by atoms with E-state index in [4.69, 9.17) is 23.3 Å². The van der Waals surface area contributed by atoms with Gasteiger partial charge < -0.3 is 24.2 Å². The number of unbranched alkanes of at least 4 members (excludes halogenated alkanes) is 30. The summed E-state index contributed by atoms with van der Waals surface area (Å²) in [4.78, 5) is 48.5. The fraction of sp³-hybridized carbons (Fsp3) is 0.817. The van der Waals surface area contributed by atoms with Crippen LogP contribution in [0.4, 0.5) is 0 Å². The predicted octanol–water partition coefficient (Wildman–Crippen LogP) is 17.4. The van der Waals surface area contributed by atoms with E-state index in [9.17, 15) is 28.9 Å². The minimum Gasteiger partial charge on any atom is -0.462 e. The Bertz CT molecular complexity index is 1400. The molecular formula is C60H109O11P. The van der Waals surface area contributed by atoms with Crippen molar-refractivity contribution in [1.29, 1.82) is 0 Å². The Morgan fingerprint density at radius 3 is 1.10 bits per heavy atom. The molecule has 420 valence electrons. The monoisotopic (exact) mass is 1040 g/mol. The molecule has 0 fully saturated rings. The minimum absolute atomic E-state index is 0.161. The molecule has 3 unspecified atom stereocenters. The van der Waals surface area contributed by atoms with Crippen LogP contribution in [0.25, 0.3) is 0 Å². The number of hydrogen-bond donors (Lipinski definition) is 2. The molecule has 0 spiro atoms. The van der Waals surface area contributed by atoms with Crippen LogP contribution >= 0.6 is 7.82 Å². The predicted molar refractivity (Wildman–Crippen MR) is 298 cm³/mol. The molecular weight excluding hydrogens is 928 g/mol. The van der Waals surface area contributed by atoms with Crippen LogP contribution in [-0.2, 0) is 42.2 Å². The second kappa shape index (κ2) is 54.7. The number of allylic oxidation sites excluding steroid dienone is 8. The zero-order chi connectivity index (χ0) is 52.7. The highest BCUT2D eigenvalue weighted by molar-refractivity contribution is 7.47. The molecule has 3 atom stereocenters. The van der Waals surface area contributed by atoms with Gasteiger partial charge in [-0.25, -0.2) is 4.57 Å². The first kappa shape index (κ1) is 69.4. The summed E-state index contributed by atoms with van der Waals surface area (Å²) in [5.41, 5.74) is 0. The highest BCUT2D eigenvalue weighted by atomic mass is 31.2. The van der Waals surface area contributed by atoms with E-state index in [2.05, 4.69) is 69.4 Å². The Morgan fingerprint density at radius 2 is 0.708 bits per heavy atom. The molecule has 0 amide bonds. The third-order valence-electron chi connectivity index (χ3n) is 12.7. The first-order valence-electron chi connectivity index (χ1n) is 29.5. The first-order valence-corrected chi connectivity index (χ1v) is 31.0. The lowest BCUT2D eigenvalue weighted by Gasteiger charge is -2.21. The molecule has 11 nitrogen and oxygen atoms in total. The molecule has 0 aliphatic rings. The van der Waals surface area contributed by atoms with Gasteiger partial charge in [0.05, 0.1) is 19.8 Å². The van der Waals surface area contributed by atoms with E-state index >= 15 is 0 Å². The van der Waals surface area contributed by atoms with Crippen LogP contribution in [0.2, 0.25) is 0 Å². The van der Waals surface area contributed by atoms with Crippen molar-refractivity contribution in [3.8, 4) is 0 Å². The summed E-state index contributed by atoms with van der Waals surface area (Å²) in [6, 6.07) is 0. The minimum atomic E-state index is -4.75. The van der Waals surface area contributed by atoms with Crippen molar-refractivity contribution in [3.05, 3.63) is 48.6 Å². The fourth-order valence-electron chi connectivity index (χ4n) is 8.15. The van der Waals surface area contributed by atoms with Crippen molar-refractivity contribution in [2.24, 2.45) is 0 Å². The number of carbonyl (C=O) groups is 3. The number of phosphoric acid groups is 1. The molecule has 0 saturated heterocycles. The number of aliphatic hydroxyl groups excluding tert-OH is 1. The molecule has 72 heavy (non-hydrogen) atoms. The Kier molecular flexibility index (Phi) is 52.7. The van der Waals surface area contributed by atoms with Crippen molar-refractivity contribution in [1.82, 2.24) is 0 Å². The molecule has 0 saturated carbocycles. The van der Waals surface area contributed by atoms with Crippen LogP contribution in [0.3, 0.4) is 0 Å². The Morgan fingerprint density at radius 1 is 0.389 bits per heavy atom. The number of carbonyl (C=O) groups excluding carboxylic acids is 3. The van der Waals surface area contributed by atoms with Gasteiger partial charge >= 0.3 is 25.7 Å². The van der Waals surface area contributed by atoms with E-state index in [1.54, 1.807) is 0 Å². The van der Waals surface area contributed by atoms with Crippen molar-refractivity contribution in [2.75, 3.05) is 26.4 Å². The van der Waals surface area contributed by atoms with Crippen LogP contribution in [-0.4, -0.2) is 66.5 Å². The fourth-order valence-corrected chi connectivity index (χ4v) is 8.93. The number of esters is 3. The zero-order valence-electron chi connectivity index (χ0n) is 46.4. The second-order valence-corrected chi connectivity index (χ2v) is 21.3. The maximum absolute atomic E-state index is 12.9. The van der Waals surface area contributed by atoms with Crippen LogP contribution in [0.15, 0.2) is 48.6 Å². The molecule has 0 aliphatic carbocycles. The van der Waals surface area contributed by atoms with Crippen molar-refractivity contribution in [2.45, 2.75) is 290 Å². The summed E-state index contributed by atoms with van der Waals surface area (Å²) < 4.78 is 39.5. The van der Waals surface area contributed by atoms with E-state index in [1.165, 1.54) is 109 Å². The Balaban J connectivity index is 4.73. The molecule has 12 heteroatoms. The highest BCUT2D eigenvalue weighted by Gasteiger charge is 2.28. The Labute approximate surface area is 441 Å². The number of hydrogen-bond acceptors (Lipinski definition) is 10. The molecule has 2 N–H and O–H groups in total. The molecule has 0 rings (SSSR count). The Hall–Kier alpha value is -2.56. The van der Waals surface area contributed by atoms with E-state index < -0.39 is 57.8 Å². The lowest BCUT2D eigenvalue weighted by atomic mass is 10.1. The third-order valence-corrected chi connectivity index (χ3v) is 13.6. The molecule has 0 bridgehead atoms. The quantitative estimate of drug-likeness (QED) is 0.0197. The summed E-state index contributed by atoms with van der Waals surface area (Å²) in [5.74, 6) is -1.48. The van der Waals surface area contributed by atoms with Crippen molar-refractivity contribution >= 4 is 25.7 Å². The summed E-state index contributed by atoms with van der Waals surface area (Å²) >= 11 is 0. The van der Waals surface area contributed by atoms with Gasteiger partial charge in [-0.3, -0.25) is 23.4 Å². The van der Waals surface area contributed by atoms with Gasteiger partial charge in [-0.15, -0.1) is 0 Å². The summed E-state index contributed by atoms with van der Waals surface area (Å²) in [6.45, 7) is 4.57. The highest BCUT2D eigenvalue weighted by Crippen LogP contribution is 2.43. The topological polar surface area (TPSA) is 155 Å². The zero-order valence-corrected chi connectivity index (χ0v) is 47.3. The van der Waals surface area contributed by atoms with Gasteiger partial charge in [0, 0.05) is 19.3 Å². The van der Waals surface area contributed by atoms with Crippen LogP contribution in [0.5, 0.6) is 0 Å². The van der Waals surface area contributed by atoms with Crippen molar-refractivity contribution in [3.63, 3.8) is 0 Å². The normalized spacial score (nSPS) is 13.7. The van der Waals surface area contributed by atoms with Gasteiger partial charge in [0.25, 0.3) is 0 Å². The number of aliphatic hydroxyl groups is 1. The average molecular weight is 1040 g/mol. The van der Waals surface area contributed by atoms with Crippen LogP contribution in [0.1, 0.15) is 278 Å². The van der Waals surface area contributed by atoms with Crippen LogP contribution < -0.4 is 0 Å². The number of rotatable bonds is 55. The van der Waals surface area contributed by atoms with Gasteiger partial charge in [-0.2, -0.15) is 0 Å². The largest absolute Gasteiger partial charge is 0.472 e. The number of ether oxygens (including phenoxy) is 3. The lowest BCUT2D eigenvalue weighted by molar-refractivity contribution is -0.161. The first-order chi connectivity index (χ1) is 35.2. The van der Waals surface area contributed by atoms with E-state index in [0.717, 1.165) is 109 Å². The smallest absolute Gasteiger partial charge is 0.462 e. The van der Waals surface area contributed by atoms with E-state index in [0.29, 0.717) is 19.3 Å². The van der Waals surface area contributed by atoms with Gasteiger partial charge in [-0.1, -0.05) is 211 Å². The molecule has 0 aromatic rings. The standard InChI is InChI=1S/C60H109O11P/c1-4-7-10-13-16-19-22-25-27-28-30-33-36-39-42-45-48-51-60(64)71-57(53-67-58(62)49-46-43-40-37-34-32-29-26-23-20-17-14-11-8-5-2)55-69-72(65,66)68-54-56(52-61)70-59(63)50-47-44-41-38-35-31-24-21-18-15-12-9-6-3/h12,15,21,24-27,29,56-57,61H,4-11,13-14,16-20,22-23,28,30-55H2,1-3H3,(H,65,66)/b15-12-,24-21-,27-25-,29-26-. The summed E-state index contributed by atoms with van der Waals surface area (Å²) in [6.07, 6.45) is 57.8. The molecule has 0 aromatic heterocycles. The molecule has 0 aliphatic heterocycles. The summed E-state index contributed by atoms with van der Waals surface area (Å²) in [7, 11) is -4.75. The lowest BCUT2D eigenvalue weighted by Crippen LogP contribution is -2.30. The van der Waals surface area contributed by atoms with Gasteiger partial charge in [0.1, 0.15) is 12.7 Å². The second-order valence-electron chi connectivity index (χ2n) is 19.8. The van der Waals surface area contributed by atoms with E-state index in [1.807, 2.05) is 0 Å². The average Bonchev–Trinajstić information content (AvgIpc) is 3.37. The van der Waals surface area contributed by atoms with Gasteiger partial charge in [0.15, 0.2) is 6.10 Å². The molecule has 0 heterocycles. The molecule has 0 radical (unpaired) electrons. The number of phosphoric ester groups is 1. The van der Waals surface area contributed by atoms with Crippen molar-refractivity contribution < 1.29 is 52.2 Å². The van der Waals surface area contributed by atoms with Crippen LogP contribution in [0, 0.1) is 0 Å². The summed E-state index contributed by atoms with van der Waals surface area (Å²) in [5, 5.41) is 9.80. The maximum Gasteiger partial charge on any atom is 0.472 e.